The zero-order valence-corrected chi connectivity index (χ0v) is 16.1. The van der Waals surface area contributed by atoms with Gasteiger partial charge in [-0.2, -0.15) is 5.10 Å². The Labute approximate surface area is 168 Å². The molecule has 0 aliphatic carbocycles. The van der Waals surface area contributed by atoms with Crippen LogP contribution in [0.2, 0.25) is 0 Å². The van der Waals surface area contributed by atoms with Crippen LogP contribution in [0.4, 0.5) is 0 Å². The highest BCUT2D eigenvalue weighted by atomic mass is 16.5. The zero-order chi connectivity index (χ0) is 20.2. The van der Waals surface area contributed by atoms with Gasteiger partial charge in [0.15, 0.2) is 0 Å². The molecule has 0 N–H and O–H groups in total. The lowest BCUT2D eigenvalue weighted by Crippen LogP contribution is -2.20. The van der Waals surface area contributed by atoms with Crippen LogP contribution in [0.5, 0.6) is 0 Å². The third-order valence-electron chi connectivity index (χ3n) is 4.94. The van der Waals surface area contributed by atoms with Crippen molar-refractivity contribution in [3.8, 4) is 5.69 Å². The van der Waals surface area contributed by atoms with Crippen molar-refractivity contribution in [2.75, 3.05) is 7.11 Å². The molecule has 0 saturated carbocycles. The van der Waals surface area contributed by atoms with Crippen LogP contribution in [-0.4, -0.2) is 27.4 Å². The molecular weight excluding hydrogens is 366 g/mol. The molecule has 4 aromatic rings. The molecule has 2 heterocycles. The molecule has 0 aliphatic heterocycles. The topological polar surface area (TPSA) is 66.1 Å². The average Bonchev–Trinajstić information content (AvgIpc) is 3.30. The highest BCUT2D eigenvalue weighted by Crippen LogP contribution is 2.14. The lowest BCUT2D eigenvalue weighted by molar-refractivity contribution is 0.0601. The summed E-state index contributed by atoms with van der Waals surface area (Å²) in [7, 11) is 1.33. The monoisotopic (exact) mass is 387 g/mol. The first-order chi connectivity index (χ1) is 14.2. The first-order valence-electron chi connectivity index (χ1n) is 9.46. The fourth-order valence-electron chi connectivity index (χ4n) is 3.43. The van der Waals surface area contributed by atoms with Gasteiger partial charge in [-0.05, 0) is 60.2 Å². The summed E-state index contributed by atoms with van der Waals surface area (Å²) in [6.07, 6.45) is 7.15. The van der Waals surface area contributed by atoms with Crippen LogP contribution in [0.25, 0.3) is 16.5 Å². The molecule has 0 aliphatic rings. The number of carbonyl (C=O) groups excluding carboxylic acids is 1. The summed E-state index contributed by atoms with van der Waals surface area (Å²) in [5.74, 6) is -0.446. The van der Waals surface area contributed by atoms with E-state index >= 15 is 0 Å². The van der Waals surface area contributed by atoms with Crippen molar-refractivity contribution >= 4 is 16.7 Å². The summed E-state index contributed by atoms with van der Waals surface area (Å²) in [5, 5.41) is 5.60. The quantitative estimate of drug-likeness (QED) is 0.474. The molecule has 146 valence electrons. The molecule has 0 spiro atoms. The number of carbonyl (C=O) groups is 1. The number of aryl methyl sites for hydroxylation is 2. The van der Waals surface area contributed by atoms with Gasteiger partial charge in [0.2, 0.25) is 0 Å². The van der Waals surface area contributed by atoms with Crippen LogP contribution in [0, 0.1) is 0 Å². The minimum atomic E-state index is -0.446. The number of fused-ring (bicyclic) bond motifs is 1. The van der Waals surface area contributed by atoms with Gasteiger partial charge in [0, 0.05) is 30.5 Å². The van der Waals surface area contributed by atoms with Gasteiger partial charge in [0.1, 0.15) is 0 Å². The summed E-state index contributed by atoms with van der Waals surface area (Å²) in [6.45, 7) is 0.600. The number of benzene rings is 2. The Kier molecular flexibility index (Phi) is 5.24. The van der Waals surface area contributed by atoms with E-state index in [4.69, 9.17) is 4.74 Å². The predicted octanol–water partition coefficient (Wildman–Crippen LogP) is 3.61. The Hall–Kier alpha value is -3.67. The summed E-state index contributed by atoms with van der Waals surface area (Å²) >= 11 is 0. The minimum Gasteiger partial charge on any atom is -0.465 e. The smallest absolute Gasteiger partial charge is 0.337 e. The van der Waals surface area contributed by atoms with E-state index in [1.807, 2.05) is 41.3 Å². The van der Waals surface area contributed by atoms with E-state index in [9.17, 15) is 9.59 Å². The molecule has 0 fully saturated rings. The second-order valence-corrected chi connectivity index (χ2v) is 6.83. The highest BCUT2D eigenvalue weighted by molar-refractivity contribution is 5.95. The molecule has 0 amide bonds. The van der Waals surface area contributed by atoms with Gasteiger partial charge >= 0.3 is 5.97 Å². The summed E-state index contributed by atoms with van der Waals surface area (Å²) in [6, 6.07) is 17.1. The number of aromatic nitrogens is 3. The van der Waals surface area contributed by atoms with Crippen LogP contribution in [-0.2, 0) is 17.7 Å². The van der Waals surface area contributed by atoms with Crippen molar-refractivity contribution < 1.29 is 9.53 Å². The van der Waals surface area contributed by atoms with Crippen molar-refractivity contribution in [2.45, 2.75) is 19.4 Å². The lowest BCUT2D eigenvalue weighted by Gasteiger charge is -2.09. The van der Waals surface area contributed by atoms with Crippen LogP contribution >= 0.6 is 0 Å². The highest BCUT2D eigenvalue weighted by Gasteiger charge is 2.09. The maximum absolute atomic E-state index is 12.8. The Bertz CT molecular complexity index is 1210. The Morgan fingerprint density at radius 2 is 1.97 bits per heavy atom. The molecule has 2 aromatic carbocycles. The van der Waals surface area contributed by atoms with Gasteiger partial charge in [-0.15, -0.1) is 0 Å². The van der Waals surface area contributed by atoms with Gasteiger partial charge in [-0.25, -0.2) is 9.48 Å². The Morgan fingerprint density at radius 1 is 1.07 bits per heavy atom. The van der Waals surface area contributed by atoms with E-state index in [1.54, 1.807) is 29.0 Å². The van der Waals surface area contributed by atoms with Crippen LogP contribution in [0.1, 0.15) is 22.3 Å². The standard InChI is InChI=1S/C23H21N3O3/c1-29-23(28)19-9-8-18-10-14-25(22(27)21(18)16-19)12-3-6-17-5-2-7-20(15-17)26-13-4-11-24-26/h2,4-5,7-11,13-16H,3,6,12H2,1H3. The van der Waals surface area contributed by atoms with E-state index in [-0.39, 0.29) is 5.56 Å². The van der Waals surface area contributed by atoms with E-state index in [0.717, 1.165) is 23.9 Å². The van der Waals surface area contributed by atoms with Gasteiger partial charge < -0.3 is 9.30 Å². The number of ether oxygens (including phenoxy) is 1. The number of rotatable bonds is 6. The molecule has 0 bridgehead atoms. The largest absolute Gasteiger partial charge is 0.465 e. The second kappa shape index (κ2) is 8.14. The van der Waals surface area contributed by atoms with Crippen molar-refractivity contribution in [3.63, 3.8) is 0 Å². The maximum Gasteiger partial charge on any atom is 0.337 e. The first kappa shape index (κ1) is 18.7. The molecule has 0 radical (unpaired) electrons. The number of hydrogen-bond acceptors (Lipinski definition) is 4. The molecule has 2 aromatic heterocycles. The van der Waals surface area contributed by atoms with E-state index in [0.29, 0.717) is 17.5 Å². The lowest BCUT2D eigenvalue weighted by atomic mass is 10.1. The van der Waals surface area contributed by atoms with Crippen molar-refractivity contribution in [1.82, 2.24) is 14.3 Å². The van der Waals surface area contributed by atoms with E-state index in [2.05, 4.69) is 17.2 Å². The van der Waals surface area contributed by atoms with Gasteiger partial charge in [-0.3, -0.25) is 4.79 Å². The Balaban J connectivity index is 1.50. The van der Waals surface area contributed by atoms with E-state index < -0.39 is 5.97 Å². The third-order valence-corrected chi connectivity index (χ3v) is 4.94. The third kappa shape index (κ3) is 3.96. The van der Waals surface area contributed by atoms with Crippen LogP contribution in [0.15, 0.2) is 78.0 Å². The number of methoxy groups -OCH3 is 1. The fraction of sp³-hybridized carbons (Fsp3) is 0.174. The first-order valence-corrected chi connectivity index (χ1v) is 9.46. The van der Waals surface area contributed by atoms with Crippen LogP contribution in [0.3, 0.4) is 0 Å². The zero-order valence-electron chi connectivity index (χ0n) is 16.1. The fourth-order valence-corrected chi connectivity index (χ4v) is 3.43. The molecule has 6 nitrogen and oxygen atoms in total. The summed E-state index contributed by atoms with van der Waals surface area (Å²) in [5.41, 5.74) is 2.49. The number of hydrogen-bond donors (Lipinski definition) is 0. The number of pyridine rings is 1. The second-order valence-electron chi connectivity index (χ2n) is 6.83. The van der Waals surface area contributed by atoms with Gasteiger partial charge in [0.05, 0.1) is 18.4 Å². The van der Waals surface area contributed by atoms with Crippen LogP contribution < -0.4 is 5.56 Å². The summed E-state index contributed by atoms with van der Waals surface area (Å²) < 4.78 is 8.28. The van der Waals surface area contributed by atoms with Gasteiger partial charge in [0.25, 0.3) is 5.56 Å². The molecule has 4 rings (SSSR count). The summed E-state index contributed by atoms with van der Waals surface area (Å²) in [4.78, 5) is 24.6. The SMILES string of the molecule is COC(=O)c1ccc2ccn(CCCc3cccc(-n4cccn4)c3)c(=O)c2c1. The number of nitrogens with zero attached hydrogens (tertiary/aromatic N) is 3. The van der Waals surface area contributed by atoms with Gasteiger partial charge in [-0.1, -0.05) is 18.2 Å². The van der Waals surface area contributed by atoms with Crippen molar-refractivity contribution in [1.29, 1.82) is 0 Å². The number of esters is 1. The molecule has 0 atom stereocenters. The predicted molar refractivity (Wildman–Crippen MR) is 111 cm³/mol. The molecule has 0 saturated heterocycles. The average molecular weight is 387 g/mol. The minimum absolute atomic E-state index is 0.0986. The normalized spacial score (nSPS) is 10.9. The molecule has 0 unspecified atom stereocenters. The molecule has 6 heteroatoms. The van der Waals surface area contributed by atoms with Crippen molar-refractivity contribution in [2.24, 2.45) is 0 Å². The Morgan fingerprint density at radius 3 is 2.76 bits per heavy atom. The molecular formula is C23H21N3O3. The van der Waals surface area contributed by atoms with Crippen molar-refractivity contribution in [3.05, 3.63) is 94.7 Å². The van der Waals surface area contributed by atoms with E-state index in [1.165, 1.54) is 12.7 Å². The maximum atomic E-state index is 12.8. The molecule has 29 heavy (non-hydrogen) atoms.